The molecule has 0 saturated carbocycles. The minimum atomic E-state index is 0.283. The number of anilines is 1. The summed E-state index contributed by atoms with van der Waals surface area (Å²) in [6, 6.07) is 6.26. The fourth-order valence-electron chi connectivity index (χ4n) is 2.45. The lowest BCUT2D eigenvalue weighted by atomic mass is 10.1. The molecule has 0 atom stereocenters. The van der Waals surface area contributed by atoms with E-state index in [1.54, 1.807) is 0 Å². The summed E-state index contributed by atoms with van der Waals surface area (Å²) in [6.07, 6.45) is 2.62. The van der Waals surface area contributed by atoms with Crippen molar-refractivity contribution in [1.82, 2.24) is 10.2 Å². The SMILES string of the molecule is Cc1ccc(C)c(NC(=S)NCCCN2CCCC2=O)c1. The first-order chi connectivity index (χ1) is 10.1. The maximum Gasteiger partial charge on any atom is 0.222 e. The van der Waals surface area contributed by atoms with Gasteiger partial charge in [-0.1, -0.05) is 12.1 Å². The van der Waals surface area contributed by atoms with Crippen LogP contribution in [0.5, 0.6) is 0 Å². The molecule has 1 aliphatic heterocycles. The molecule has 0 aromatic heterocycles. The Hall–Kier alpha value is -1.62. The highest BCUT2D eigenvalue weighted by molar-refractivity contribution is 7.80. The molecule has 1 heterocycles. The van der Waals surface area contributed by atoms with Crippen molar-refractivity contribution < 1.29 is 4.79 Å². The molecule has 114 valence electrons. The Morgan fingerprint density at radius 1 is 1.38 bits per heavy atom. The highest BCUT2D eigenvalue weighted by Gasteiger charge is 2.18. The number of hydrogen-bond donors (Lipinski definition) is 2. The first-order valence-electron chi connectivity index (χ1n) is 7.46. The number of nitrogens with one attached hydrogen (secondary N) is 2. The second-order valence-electron chi connectivity index (χ2n) is 5.54. The predicted octanol–water partition coefficient (Wildman–Crippen LogP) is 2.60. The van der Waals surface area contributed by atoms with Crippen molar-refractivity contribution in [3.8, 4) is 0 Å². The molecular weight excluding hydrogens is 282 g/mol. The van der Waals surface area contributed by atoms with E-state index in [4.69, 9.17) is 12.2 Å². The minimum absolute atomic E-state index is 0.283. The van der Waals surface area contributed by atoms with Gasteiger partial charge in [0.25, 0.3) is 0 Å². The molecule has 2 rings (SSSR count). The lowest BCUT2D eigenvalue weighted by molar-refractivity contribution is -0.127. The molecule has 0 spiro atoms. The van der Waals surface area contributed by atoms with Crippen LogP contribution in [0.1, 0.15) is 30.4 Å². The van der Waals surface area contributed by atoms with Crippen molar-refractivity contribution in [3.63, 3.8) is 0 Å². The van der Waals surface area contributed by atoms with E-state index in [1.807, 2.05) is 4.90 Å². The highest BCUT2D eigenvalue weighted by atomic mass is 32.1. The smallest absolute Gasteiger partial charge is 0.222 e. The van der Waals surface area contributed by atoms with E-state index in [0.717, 1.165) is 38.2 Å². The van der Waals surface area contributed by atoms with Gasteiger partial charge in [0.2, 0.25) is 5.91 Å². The summed E-state index contributed by atoms with van der Waals surface area (Å²) in [6.45, 7) is 6.62. The number of rotatable bonds is 5. The minimum Gasteiger partial charge on any atom is -0.362 e. The molecule has 5 heteroatoms. The monoisotopic (exact) mass is 305 g/mol. The van der Waals surface area contributed by atoms with Crippen molar-refractivity contribution in [2.75, 3.05) is 25.0 Å². The van der Waals surface area contributed by atoms with Gasteiger partial charge in [-0.2, -0.15) is 0 Å². The van der Waals surface area contributed by atoms with Crippen LogP contribution < -0.4 is 10.6 Å². The number of hydrogen-bond acceptors (Lipinski definition) is 2. The third-order valence-corrected chi connectivity index (χ3v) is 3.95. The van der Waals surface area contributed by atoms with E-state index in [1.165, 1.54) is 11.1 Å². The quantitative estimate of drug-likeness (QED) is 0.648. The Balaban J connectivity index is 1.70. The van der Waals surface area contributed by atoms with Gasteiger partial charge < -0.3 is 15.5 Å². The van der Waals surface area contributed by atoms with E-state index in [9.17, 15) is 4.79 Å². The molecule has 2 N–H and O–H groups in total. The van der Waals surface area contributed by atoms with Crippen molar-refractivity contribution in [2.45, 2.75) is 33.1 Å². The van der Waals surface area contributed by atoms with Gasteiger partial charge in [-0.15, -0.1) is 0 Å². The Morgan fingerprint density at radius 3 is 2.90 bits per heavy atom. The lowest BCUT2D eigenvalue weighted by Crippen LogP contribution is -2.33. The number of thiocarbonyl (C=S) groups is 1. The fraction of sp³-hybridized carbons (Fsp3) is 0.500. The van der Waals surface area contributed by atoms with E-state index < -0.39 is 0 Å². The molecule has 0 radical (unpaired) electrons. The Labute approximate surface area is 131 Å². The third-order valence-electron chi connectivity index (χ3n) is 3.70. The van der Waals surface area contributed by atoms with E-state index in [2.05, 4.69) is 42.7 Å². The number of carbonyl (C=O) groups excluding carboxylic acids is 1. The van der Waals surface area contributed by atoms with Gasteiger partial charge in [0.15, 0.2) is 5.11 Å². The molecule has 1 aliphatic rings. The summed E-state index contributed by atoms with van der Waals surface area (Å²) in [7, 11) is 0. The Morgan fingerprint density at radius 2 is 2.19 bits per heavy atom. The van der Waals surface area contributed by atoms with Crippen LogP contribution in [0.15, 0.2) is 18.2 Å². The van der Waals surface area contributed by atoms with Crippen LogP contribution in [0.4, 0.5) is 5.69 Å². The second-order valence-corrected chi connectivity index (χ2v) is 5.95. The van der Waals surface area contributed by atoms with Gasteiger partial charge in [0, 0.05) is 31.7 Å². The molecule has 1 aromatic carbocycles. The number of amides is 1. The molecule has 21 heavy (non-hydrogen) atoms. The largest absolute Gasteiger partial charge is 0.362 e. The molecule has 1 aromatic rings. The zero-order valence-corrected chi connectivity index (χ0v) is 13.6. The topological polar surface area (TPSA) is 44.4 Å². The molecule has 0 bridgehead atoms. The fourth-order valence-corrected chi connectivity index (χ4v) is 2.66. The molecule has 4 nitrogen and oxygen atoms in total. The molecule has 1 saturated heterocycles. The summed E-state index contributed by atoms with van der Waals surface area (Å²) < 4.78 is 0. The van der Waals surface area contributed by atoms with Crippen LogP contribution in [-0.4, -0.2) is 35.6 Å². The van der Waals surface area contributed by atoms with Crippen molar-refractivity contribution in [2.24, 2.45) is 0 Å². The Bertz CT molecular complexity index is 530. The number of likely N-dealkylation sites (tertiary alicyclic amines) is 1. The second kappa shape index (κ2) is 7.41. The van der Waals surface area contributed by atoms with Crippen LogP contribution in [0.25, 0.3) is 0 Å². The van der Waals surface area contributed by atoms with Crippen molar-refractivity contribution >= 4 is 28.9 Å². The molecule has 0 aliphatic carbocycles. The molecule has 1 fully saturated rings. The van der Waals surface area contributed by atoms with Crippen LogP contribution in [0, 0.1) is 13.8 Å². The summed E-state index contributed by atoms with van der Waals surface area (Å²) in [5.74, 6) is 0.283. The lowest BCUT2D eigenvalue weighted by Gasteiger charge is -2.16. The number of aryl methyl sites for hydroxylation is 2. The first-order valence-corrected chi connectivity index (χ1v) is 7.87. The van der Waals surface area contributed by atoms with Crippen molar-refractivity contribution in [3.05, 3.63) is 29.3 Å². The van der Waals surface area contributed by atoms with E-state index in [0.29, 0.717) is 11.5 Å². The zero-order valence-electron chi connectivity index (χ0n) is 12.7. The summed E-state index contributed by atoms with van der Waals surface area (Å²) in [5, 5.41) is 7.06. The van der Waals surface area contributed by atoms with Gasteiger partial charge in [0.05, 0.1) is 0 Å². The Kier molecular flexibility index (Phi) is 5.56. The summed E-state index contributed by atoms with van der Waals surface area (Å²) in [4.78, 5) is 13.4. The normalized spacial score (nSPS) is 14.4. The number of carbonyl (C=O) groups is 1. The van der Waals surface area contributed by atoms with Gasteiger partial charge in [-0.3, -0.25) is 4.79 Å². The average molecular weight is 305 g/mol. The molecule has 0 unspecified atom stereocenters. The van der Waals surface area contributed by atoms with Crippen LogP contribution >= 0.6 is 12.2 Å². The van der Waals surface area contributed by atoms with Crippen LogP contribution in [0.2, 0.25) is 0 Å². The van der Waals surface area contributed by atoms with Gasteiger partial charge in [0.1, 0.15) is 0 Å². The van der Waals surface area contributed by atoms with Crippen LogP contribution in [-0.2, 0) is 4.79 Å². The third kappa shape index (κ3) is 4.70. The van der Waals surface area contributed by atoms with Crippen LogP contribution in [0.3, 0.4) is 0 Å². The molecule has 1 amide bonds. The van der Waals surface area contributed by atoms with Gasteiger partial charge in [-0.25, -0.2) is 0 Å². The zero-order chi connectivity index (χ0) is 15.2. The van der Waals surface area contributed by atoms with E-state index in [-0.39, 0.29) is 5.91 Å². The van der Waals surface area contributed by atoms with Crippen molar-refractivity contribution in [1.29, 1.82) is 0 Å². The maximum absolute atomic E-state index is 11.5. The first kappa shape index (κ1) is 15.8. The highest BCUT2D eigenvalue weighted by Crippen LogP contribution is 2.16. The maximum atomic E-state index is 11.5. The van der Waals surface area contributed by atoms with Gasteiger partial charge >= 0.3 is 0 Å². The van der Waals surface area contributed by atoms with Gasteiger partial charge in [-0.05, 0) is 56.1 Å². The standard InChI is InChI=1S/C16H23N3OS/c1-12-6-7-13(2)14(11-12)18-16(21)17-8-4-10-19-9-3-5-15(19)20/h6-7,11H,3-5,8-10H2,1-2H3,(H2,17,18,21). The number of benzene rings is 1. The van der Waals surface area contributed by atoms with E-state index >= 15 is 0 Å². The molecular formula is C16H23N3OS. The number of nitrogens with zero attached hydrogens (tertiary/aromatic N) is 1. The predicted molar refractivity (Wildman–Crippen MR) is 90.6 cm³/mol. The summed E-state index contributed by atoms with van der Waals surface area (Å²) >= 11 is 5.31. The summed E-state index contributed by atoms with van der Waals surface area (Å²) in [5.41, 5.74) is 3.42. The average Bonchev–Trinajstić information content (AvgIpc) is 2.84.